The third kappa shape index (κ3) is 4.45. The number of carbonyl (C=O) groups excluding carboxylic acids is 2. The van der Waals surface area contributed by atoms with Crippen LogP contribution in [0.3, 0.4) is 0 Å². The van der Waals surface area contributed by atoms with Crippen molar-refractivity contribution in [3.63, 3.8) is 0 Å². The van der Waals surface area contributed by atoms with Crippen molar-refractivity contribution in [1.82, 2.24) is 5.32 Å². The Bertz CT molecular complexity index is 657. The molecule has 5 nitrogen and oxygen atoms in total. The maximum absolute atomic E-state index is 12.0. The summed E-state index contributed by atoms with van der Waals surface area (Å²) in [6.07, 6.45) is 1.81. The van der Waals surface area contributed by atoms with E-state index in [-0.39, 0.29) is 18.2 Å². The van der Waals surface area contributed by atoms with Gasteiger partial charge < -0.3 is 14.6 Å². The molecule has 122 valence electrons. The van der Waals surface area contributed by atoms with Crippen molar-refractivity contribution in [2.45, 2.75) is 33.7 Å². The maximum atomic E-state index is 12.0. The first-order valence-electron chi connectivity index (χ1n) is 7.62. The van der Waals surface area contributed by atoms with Crippen molar-refractivity contribution >= 4 is 17.5 Å². The Kier molecular flexibility index (Phi) is 5.57. The number of carbonyl (C=O) groups is 2. The molecule has 1 heterocycles. The number of furan rings is 1. The average molecular weight is 314 g/mol. The molecule has 1 aromatic heterocycles. The minimum absolute atomic E-state index is 0.0683. The summed E-state index contributed by atoms with van der Waals surface area (Å²) in [4.78, 5) is 25.6. The number of nitrogens with one attached hydrogen (secondary N) is 1. The van der Waals surface area contributed by atoms with Crippen LogP contribution in [-0.4, -0.2) is 18.4 Å². The molecule has 0 aliphatic heterocycles. The zero-order chi connectivity index (χ0) is 16.8. The molecule has 0 aliphatic carbocycles. The second-order valence-corrected chi connectivity index (χ2v) is 5.52. The van der Waals surface area contributed by atoms with Gasteiger partial charge in [0.05, 0.1) is 12.8 Å². The Morgan fingerprint density at radius 2 is 1.83 bits per heavy atom. The van der Waals surface area contributed by atoms with E-state index in [1.807, 2.05) is 32.0 Å². The fourth-order valence-electron chi connectivity index (χ4n) is 2.56. The third-order valence-corrected chi connectivity index (χ3v) is 3.69. The van der Waals surface area contributed by atoms with E-state index in [2.05, 4.69) is 5.32 Å². The smallest absolute Gasteiger partial charge is 0.223 e. The van der Waals surface area contributed by atoms with Gasteiger partial charge in [-0.15, -0.1) is 0 Å². The molecule has 0 spiro atoms. The first-order chi connectivity index (χ1) is 11.0. The van der Waals surface area contributed by atoms with Crippen LogP contribution in [0.25, 0.3) is 0 Å². The van der Waals surface area contributed by atoms with Gasteiger partial charge in [0.25, 0.3) is 0 Å². The fourth-order valence-corrected chi connectivity index (χ4v) is 2.56. The van der Waals surface area contributed by atoms with Crippen LogP contribution in [0.4, 0.5) is 5.69 Å². The predicted molar refractivity (Wildman–Crippen MR) is 89.1 cm³/mol. The number of hydrogen-bond donors (Lipinski definition) is 1. The van der Waals surface area contributed by atoms with Gasteiger partial charge in [0, 0.05) is 25.6 Å². The Balaban J connectivity index is 1.97. The topological polar surface area (TPSA) is 62.6 Å². The highest BCUT2D eigenvalue weighted by atomic mass is 16.3. The Morgan fingerprint density at radius 3 is 2.39 bits per heavy atom. The van der Waals surface area contributed by atoms with Crippen molar-refractivity contribution in [3.8, 4) is 0 Å². The van der Waals surface area contributed by atoms with Crippen LogP contribution in [0, 0.1) is 13.8 Å². The molecule has 2 aromatic rings. The van der Waals surface area contributed by atoms with E-state index < -0.39 is 0 Å². The van der Waals surface area contributed by atoms with Crippen LogP contribution in [0.5, 0.6) is 0 Å². The van der Waals surface area contributed by atoms with Gasteiger partial charge in [0.1, 0.15) is 5.76 Å². The number of para-hydroxylation sites is 1. The molecule has 0 saturated heterocycles. The van der Waals surface area contributed by atoms with Gasteiger partial charge >= 0.3 is 0 Å². The van der Waals surface area contributed by atoms with Crippen LogP contribution in [0.1, 0.15) is 30.2 Å². The predicted octanol–water partition coefficient (Wildman–Crippen LogP) is 2.96. The number of rotatable bonds is 6. The van der Waals surface area contributed by atoms with Crippen LogP contribution in [-0.2, 0) is 16.1 Å². The molecular formula is C18H22N2O3. The lowest BCUT2D eigenvalue weighted by atomic mass is 10.1. The van der Waals surface area contributed by atoms with Gasteiger partial charge in [-0.3, -0.25) is 9.59 Å². The summed E-state index contributed by atoms with van der Waals surface area (Å²) in [5.74, 6) is 0.525. The van der Waals surface area contributed by atoms with E-state index >= 15 is 0 Å². The fraction of sp³-hybridized carbons (Fsp3) is 0.333. The van der Waals surface area contributed by atoms with E-state index in [1.54, 1.807) is 23.3 Å². The lowest BCUT2D eigenvalue weighted by Gasteiger charge is -2.24. The maximum Gasteiger partial charge on any atom is 0.223 e. The zero-order valence-corrected chi connectivity index (χ0v) is 13.8. The normalized spacial score (nSPS) is 10.4. The van der Waals surface area contributed by atoms with Gasteiger partial charge in [0.2, 0.25) is 11.8 Å². The van der Waals surface area contributed by atoms with E-state index in [4.69, 9.17) is 4.42 Å². The van der Waals surface area contributed by atoms with E-state index in [0.29, 0.717) is 18.8 Å². The Morgan fingerprint density at radius 1 is 1.13 bits per heavy atom. The quantitative estimate of drug-likeness (QED) is 0.891. The number of benzene rings is 1. The monoisotopic (exact) mass is 314 g/mol. The molecule has 0 unspecified atom stereocenters. The van der Waals surface area contributed by atoms with Crippen LogP contribution >= 0.6 is 0 Å². The standard InChI is InChI=1S/C18H22N2O3/c1-13-6-4-7-14(2)18(13)20(15(3)21)10-9-17(22)19-12-16-8-5-11-23-16/h4-8,11H,9-10,12H2,1-3H3,(H,19,22). The molecule has 2 amide bonds. The second kappa shape index (κ2) is 7.63. The van der Waals surface area contributed by atoms with Crippen molar-refractivity contribution in [2.75, 3.05) is 11.4 Å². The minimum atomic E-state index is -0.112. The molecule has 23 heavy (non-hydrogen) atoms. The number of amides is 2. The second-order valence-electron chi connectivity index (χ2n) is 5.52. The summed E-state index contributed by atoms with van der Waals surface area (Å²) in [5, 5.41) is 2.79. The van der Waals surface area contributed by atoms with Gasteiger partial charge in [0.15, 0.2) is 0 Å². The van der Waals surface area contributed by atoms with Crippen molar-refractivity contribution in [3.05, 3.63) is 53.5 Å². The molecule has 0 atom stereocenters. The minimum Gasteiger partial charge on any atom is -0.467 e. The van der Waals surface area contributed by atoms with Gasteiger partial charge in [-0.2, -0.15) is 0 Å². The highest BCUT2D eigenvalue weighted by molar-refractivity contribution is 5.94. The summed E-state index contributed by atoms with van der Waals surface area (Å²) in [5.41, 5.74) is 2.94. The van der Waals surface area contributed by atoms with E-state index in [0.717, 1.165) is 16.8 Å². The third-order valence-electron chi connectivity index (χ3n) is 3.69. The van der Waals surface area contributed by atoms with Crippen molar-refractivity contribution in [1.29, 1.82) is 0 Å². The number of aryl methyl sites for hydroxylation is 2. The number of nitrogens with zero attached hydrogens (tertiary/aromatic N) is 1. The van der Waals surface area contributed by atoms with Gasteiger partial charge in [-0.25, -0.2) is 0 Å². The van der Waals surface area contributed by atoms with Crippen LogP contribution in [0.2, 0.25) is 0 Å². The highest BCUT2D eigenvalue weighted by Crippen LogP contribution is 2.24. The average Bonchev–Trinajstić information content (AvgIpc) is 3.01. The first-order valence-corrected chi connectivity index (χ1v) is 7.62. The molecule has 5 heteroatoms. The van der Waals surface area contributed by atoms with E-state index in [1.165, 1.54) is 6.92 Å². The van der Waals surface area contributed by atoms with Gasteiger partial charge in [-0.1, -0.05) is 18.2 Å². The summed E-state index contributed by atoms with van der Waals surface area (Å²) in [6, 6.07) is 9.48. The van der Waals surface area contributed by atoms with Crippen molar-refractivity contribution < 1.29 is 14.0 Å². The summed E-state index contributed by atoms with van der Waals surface area (Å²) < 4.78 is 5.17. The molecule has 0 radical (unpaired) electrons. The van der Waals surface area contributed by atoms with Crippen LogP contribution in [0.15, 0.2) is 41.0 Å². The Labute approximate surface area is 136 Å². The lowest BCUT2D eigenvalue weighted by Crippen LogP contribution is -2.34. The van der Waals surface area contributed by atoms with Crippen LogP contribution < -0.4 is 10.2 Å². The molecule has 1 aromatic carbocycles. The first kappa shape index (κ1) is 16.8. The highest BCUT2D eigenvalue weighted by Gasteiger charge is 2.17. The van der Waals surface area contributed by atoms with Gasteiger partial charge in [-0.05, 0) is 37.1 Å². The molecule has 0 aliphatic rings. The zero-order valence-electron chi connectivity index (χ0n) is 13.8. The van der Waals surface area contributed by atoms with E-state index in [9.17, 15) is 9.59 Å². The molecule has 2 rings (SSSR count). The number of hydrogen-bond acceptors (Lipinski definition) is 3. The summed E-state index contributed by atoms with van der Waals surface area (Å²) >= 11 is 0. The summed E-state index contributed by atoms with van der Waals surface area (Å²) in [6.45, 7) is 6.16. The molecule has 1 N–H and O–H groups in total. The lowest BCUT2D eigenvalue weighted by molar-refractivity contribution is -0.121. The largest absolute Gasteiger partial charge is 0.467 e. The Hall–Kier alpha value is -2.56. The molecule has 0 fully saturated rings. The molecular weight excluding hydrogens is 292 g/mol. The van der Waals surface area contributed by atoms with Crippen molar-refractivity contribution in [2.24, 2.45) is 0 Å². The molecule has 0 saturated carbocycles. The number of anilines is 1. The summed E-state index contributed by atoms with van der Waals surface area (Å²) in [7, 11) is 0. The molecule has 0 bridgehead atoms. The SMILES string of the molecule is CC(=O)N(CCC(=O)NCc1ccco1)c1c(C)cccc1C.